The number of pyridine rings is 1. The molecule has 7 nitrogen and oxygen atoms in total. The van der Waals surface area contributed by atoms with Gasteiger partial charge in [0.15, 0.2) is 0 Å². The molecule has 2 aliphatic rings. The van der Waals surface area contributed by atoms with E-state index in [2.05, 4.69) is 15.2 Å². The molecule has 7 heteroatoms. The number of nitro groups is 1. The molecule has 1 N–H and O–H groups in total. The molecule has 3 rings (SSSR count). The van der Waals surface area contributed by atoms with Crippen LogP contribution in [0.25, 0.3) is 0 Å². The normalized spacial score (nSPS) is 21.2. The zero-order valence-electron chi connectivity index (χ0n) is 10.7. The molecule has 0 bridgehead atoms. The SMILES string of the molecule is O=[N+]([O-])c1cccnc1N1CC(N2CCNCC2)C1. The number of piperazine rings is 1. The average Bonchev–Trinajstić information content (AvgIpc) is 2.39. The molecule has 0 radical (unpaired) electrons. The van der Waals surface area contributed by atoms with E-state index in [1.807, 2.05) is 4.90 Å². The van der Waals surface area contributed by atoms with Gasteiger partial charge >= 0.3 is 5.69 Å². The Hall–Kier alpha value is -1.73. The minimum Gasteiger partial charge on any atom is -0.348 e. The topological polar surface area (TPSA) is 74.5 Å². The summed E-state index contributed by atoms with van der Waals surface area (Å²) in [5.74, 6) is 0.499. The summed E-state index contributed by atoms with van der Waals surface area (Å²) in [5, 5.41) is 14.3. The van der Waals surface area contributed by atoms with E-state index in [1.165, 1.54) is 6.07 Å². The fourth-order valence-corrected chi connectivity index (χ4v) is 2.68. The Morgan fingerprint density at radius 2 is 2.11 bits per heavy atom. The van der Waals surface area contributed by atoms with Gasteiger partial charge in [-0.15, -0.1) is 0 Å². The van der Waals surface area contributed by atoms with E-state index < -0.39 is 0 Å². The van der Waals surface area contributed by atoms with Crippen molar-refractivity contribution >= 4 is 11.5 Å². The fraction of sp³-hybridized carbons (Fsp3) is 0.583. The van der Waals surface area contributed by atoms with Gasteiger partial charge in [-0.2, -0.15) is 0 Å². The minimum absolute atomic E-state index is 0.0984. The van der Waals surface area contributed by atoms with Crippen LogP contribution in [0.1, 0.15) is 0 Å². The second-order valence-electron chi connectivity index (χ2n) is 4.95. The minimum atomic E-state index is -0.361. The molecule has 2 saturated heterocycles. The zero-order chi connectivity index (χ0) is 13.2. The van der Waals surface area contributed by atoms with Gasteiger partial charge in [0.2, 0.25) is 5.82 Å². The largest absolute Gasteiger partial charge is 0.348 e. The molecule has 19 heavy (non-hydrogen) atoms. The lowest BCUT2D eigenvalue weighted by molar-refractivity contribution is -0.384. The third-order valence-corrected chi connectivity index (χ3v) is 3.79. The first-order valence-corrected chi connectivity index (χ1v) is 6.55. The molecule has 1 aromatic heterocycles. The molecule has 0 unspecified atom stereocenters. The predicted octanol–water partition coefficient (Wildman–Crippen LogP) is 0.0836. The second kappa shape index (κ2) is 5.10. The number of hydrogen-bond acceptors (Lipinski definition) is 6. The van der Waals surface area contributed by atoms with Gasteiger partial charge in [0.1, 0.15) is 0 Å². The maximum Gasteiger partial charge on any atom is 0.311 e. The van der Waals surface area contributed by atoms with E-state index in [9.17, 15) is 10.1 Å². The van der Waals surface area contributed by atoms with Crippen LogP contribution < -0.4 is 10.2 Å². The van der Waals surface area contributed by atoms with Crippen molar-refractivity contribution in [3.63, 3.8) is 0 Å². The number of anilines is 1. The van der Waals surface area contributed by atoms with Gasteiger partial charge in [0.05, 0.1) is 4.92 Å². The Morgan fingerprint density at radius 1 is 1.37 bits per heavy atom. The van der Waals surface area contributed by atoms with E-state index in [4.69, 9.17) is 0 Å². The van der Waals surface area contributed by atoms with Crippen molar-refractivity contribution in [1.29, 1.82) is 0 Å². The Bertz CT molecular complexity index is 469. The Labute approximate surface area is 111 Å². The Morgan fingerprint density at radius 3 is 2.79 bits per heavy atom. The molecule has 2 aliphatic heterocycles. The quantitative estimate of drug-likeness (QED) is 0.615. The van der Waals surface area contributed by atoms with E-state index in [0.717, 1.165) is 39.3 Å². The lowest BCUT2D eigenvalue weighted by Gasteiger charge is -2.47. The highest BCUT2D eigenvalue weighted by atomic mass is 16.6. The predicted molar refractivity (Wildman–Crippen MR) is 71.3 cm³/mol. The van der Waals surface area contributed by atoms with Gasteiger partial charge in [-0.25, -0.2) is 4.98 Å². The molecule has 0 spiro atoms. The number of aromatic nitrogens is 1. The highest BCUT2D eigenvalue weighted by Gasteiger charge is 2.35. The van der Waals surface area contributed by atoms with E-state index in [0.29, 0.717) is 11.9 Å². The standard InChI is InChI=1S/C12H17N5O2/c18-17(19)11-2-1-3-14-12(11)16-8-10(9-16)15-6-4-13-5-7-15/h1-3,10,13H,4-9H2. The lowest BCUT2D eigenvalue weighted by atomic mass is 10.1. The third-order valence-electron chi connectivity index (χ3n) is 3.79. The smallest absolute Gasteiger partial charge is 0.311 e. The van der Waals surface area contributed by atoms with Crippen molar-refractivity contribution in [2.75, 3.05) is 44.2 Å². The summed E-state index contributed by atoms with van der Waals surface area (Å²) in [6.07, 6.45) is 1.61. The summed E-state index contributed by atoms with van der Waals surface area (Å²) in [7, 11) is 0. The number of hydrogen-bond donors (Lipinski definition) is 1. The maximum atomic E-state index is 11.0. The first-order chi connectivity index (χ1) is 9.25. The Balaban J connectivity index is 1.65. The van der Waals surface area contributed by atoms with Crippen LogP contribution in [-0.4, -0.2) is 60.1 Å². The van der Waals surface area contributed by atoms with Gasteiger partial charge < -0.3 is 10.2 Å². The fourth-order valence-electron chi connectivity index (χ4n) is 2.68. The molecule has 0 atom stereocenters. The monoisotopic (exact) mass is 263 g/mol. The van der Waals surface area contributed by atoms with Crippen LogP contribution >= 0.6 is 0 Å². The molecule has 102 valence electrons. The van der Waals surface area contributed by atoms with Crippen LogP contribution in [0.4, 0.5) is 11.5 Å². The first-order valence-electron chi connectivity index (χ1n) is 6.55. The van der Waals surface area contributed by atoms with Crippen molar-refractivity contribution in [2.24, 2.45) is 0 Å². The van der Waals surface area contributed by atoms with Crippen LogP contribution in [0.3, 0.4) is 0 Å². The molecule has 0 aromatic carbocycles. The number of nitrogens with one attached hydrogen (secondary N) is 1. The summed E-state index contributed by atoms with van der Waals surface area (Å²) in [5.41, 5.74) is 0.0984. The number of nitrogens with zero attached hydrogens (tertiary/aromatic N) is 4. The third kappa shape index (κ3) is 2.39. The van der Waals surface area contributed by atoms with Gasteiger partial charge in [-0.3, -0.25) is 15.0 Å². The summed E-state index contributed by atoms with van der Waals surface area (Å²) in [6, 6.07) is 3.62. The van der Waals surface area contributed by atoms with Gasteiger partial charge in [-0.1, -0.05) is 0 Å². The van der Waals surface area contributed by atoms with E-state index in [-0.39, 0.29) is 10.6 Å². The second-order valence-corrected chi connectivity index (χ2v) is 4.95. The van der Waals surface area contributed by atoms with E-state index >= 15 is 0 Å². The summed E-state index contributed by atoms with van der Waals surface area (Å²) >= 11 is 0. The van der Waals surface area contributed by atoms with Crippen molar-refractivity contribution < 1.29 is 4.92 Å². The van der Waals surface area contributed by atoms with Crippen molar-refractivity contribution in [3.8, 4) is 0 Å². The summed E-state index contributed by atoms with van der Waals surface area (Å²) in [4.78, 5) is 19.2. The number of rotatable bonds is 3. The molecule has 0 saturated carbocycles. The molecule has 3 heterocycles. The molecule has 2 fully saturated rings. The first kappa shape index (κ1) is 12.3. The van der Waals surface area contributed by atoms with Crippen LogP contribution in [-0.2, 0) is 0 Å². The molecular weight excluding hydrogens is 246 g/mol. The zero-order valence-corrected chi connectivity index (χ0v) is 10.7. The Kier molecular flexibility index (Phi) is 3.31. The van der Waals surface area contributed by atoms with Crippen LogP contribution in [0.5, 0.6) is 0 Å². The lowest BCUT2D eigenvalue weighted by Crippen LogP contribution is -2.63. The van der Waals surface area contributed by atoms with Gasteiger partial charge in [0, 0.05) is 57.6 Å². The molecular formula is C12H17N5O2. The van der Waals surface area contributed by atoms with Crippen LogP contribution in [0.2, 0.25) is 0 Å². The van der Waals surface area contributed by atoms with Gasteiger partial charge in [-0.05, 0) is 6.07 Å². The van der Waals surface area contributed by atoms with Crippen LogP contribution in [0.15, 0.2) is 18.3 Å². The van der Waals surface area contributed by atoms with Crippen LogP contribution in [0, 0.1) is 10.1 Å². The highest BCUT2D eigenvalue weighted by Crippen LogP contribution is 2.29. The van der Waals surface area contributed by atoms with E-state index in [1.54, 1.807) is 12.3 Å². The average molecular weight is 263 g/mol. The molecule has 0 amide bonds. The summed E-state index contributed by atoms with van der Waals surface area (Å²) < 4.78 is 0. The van der Waals surface area contributed by atoms with Crippen molar-refractivity contribution in [2.45, 2.75) is 6.04 Å². The van der Waals surface area contributed by atoms with Gasteiger partial charge in [0.25, 0.3) is 0 Å². The highest BCUT2D eigenvalue weighted by molar-refractivity contribution is 5.59. The summed E-state index contributed by atoms with van der Waals surface area (Å²) in [6.45, 7) is 5.84. The maximum absolute atomic E-state index is 11.0. The van der Waals surface area contributed by atoms with Crippen molar-refractivity contribution in [3.05, 3.63) is 28.4 Å². The van der Waals surface area contributed by atoms with Crippen molar-refractivity contribution in [1.82, 2.24) is 15.2 Å². The molecule has 1 aromatic rings. The molecule has 0 aliphatic carbocycles.